The fourth-order valence-electron chi connectivity index (χ4n) is 3.01. The largest absolute Gasteiger partial charge is 0.618 e. The summed E-state index contributed by atoms with van der Waals surface area (Å²) in [5, 5.41) is 12.2. The molecule has 1 aromatic heterocycles. The van der Waals surface area contributed by atoms with Crippen LogP contribution in [0.1, 0.15) is 38.3 Å². The summed E-state index contributed by atoms with van der Waals surface area (Å²) in [5.41, 5.74) is 3.32. The summed E-state index contributed by atoms with van der Waals surface area (Å²) in [4.78, 5) is 13.3. The van der Waals surface area contributed by atoms with Crippen LogP contribution in [-0.2, 0) is 10.0 Å². The van der Waals surface area contributed by atoms with Gasteiger partial charge in [-0.3, -0.25) is 9.52 Å². The average molecular weight is 410 g/mol. The van der Waals surface area contributed by atoms with E-state index in [9.17, 15) is 18.4 Å². The van der Waals surface area contributed by atoms with Crippen LogP contribution in [0, 0.1) is 32.9 Å². The Hall–Kier alpha value is -3.19. The second kappa shape index (κ2) is 7.67. The summed E-state index contributed by atoms with van der Waals surface area (Å²) < 4.78 is 28.8. The van der Waals surface area contributed by atoms with Crippen LogP contribution in [0.4, 0.5) is 5.69 Å². The van der Waals surface area contributed by atoms with E-state index >= 15 is 0 Å². The van der Waals surface area contributed by atoms with Crippen LogP contribution in [0.3, 0.4) is 0 Å². The van der Waals surface area contributed by atoms with Crippen molar-refractivity contribution in [3.05, 3.63) is 93.4 Å². The van der Waals surface area contributed by atoms with Gasteiger partial charge >= 0.3 is 0 Å². The van der Waals surface area contributed by atoms with Crippen LogP contribution < -0.4 is 9.45 Å². The van der Waals surface area contributed by atoms with E-state index < -0.39 is 15.8 Å². The van der Waals surface area contributed by atoms with Gasteiger partial charge in [-0.1, -0.05) is 17.7 Å². The van der Waals surface area contributed by atoms with Gasteiger partial charge in [0.1, 0.15) is 0 Å². The number of sulfonamides is 1. The molecule has 0 aliphatic heterocycles. The number of pyridine rings is 1. The summed E-state index contributed by atoms with van der Waals surface area (Å²) in [6.07, 6.45) is 1.25. The monoisotopic (exact) mass is 410 g/mol. The smallest absolute Gasteiger partial charge is 0.267 e. The molecule has 2 aromatic carbocycles. The van der Waals surface area contributed by atoms with Gasteiger partial charge in [0.15, 0.2) is 6.20 Å². The Kier molecular flexibility index (Phi) is 5.44. The van der Waals surface area contributed by atoms with Crippen molar-refractivity contribution >= 4 is 21.5 Å². The summed E-state index contributed by atoms with van der Waals surface area (Å²) >= 11 is 0. The Bertz CT molecular complexity index is 1180. The average Bonchev–Trinajstić information content (AvgIpc) is 2.64. The van der Waals surface area contributed by atoms with Crippen molar-refractivity contribution in [1.82, 2.24) is 0 Å². The zero-order chi connectivity index (χ0) is 21.3. The molecule has 0 unspecified atom stereocenters. The van der Waals surface area contributed by atoms with Crippen LogP contribution in [0.2, 0.25) is 0 Å². The molecular formula is C22H22N2O4S. The number of aryl methyl sites for hydroxylation is 4. The third-order valence-electron chi connectivity index (χ3n) is 4.83. The zero-order valence-corrected chi connectivity index (χ0v) is 17.5. The number of nitrogens with one attached hydrogen (secondary N) is 1. The molecule has 6 nitrogen and oxygen atoms in total. The van der Waals surface area contributed by atoms with Crippen molar-refractivity contribution in [3.63, 3.8) is 0 Å². The summed E-state index contributed by atoms with van der Waals surface area (Å²) in [7, 11) is -3.91. The van der Waals surface area contributed by atoms with Crippen molar-refractivity contribution in [2.24, 2.45) is 0 Å². The van der Waals surface area contributed by atoms with Crippen LogP contribution in [0.15, 0.2) is 59.6 Å². The summed E-state index contributed by atoms with van der Waals surface area (Å²) in [5.74, 6) is -0.539. The molecule has 0 spiro atoms. The lowest BCUT2D eigenvalue weighted by atomic mass is 9.98. The highest BCUT2D eigenvalue weighted by atomic mass is 32.2. The molecule has 0 saturated heterocycles. The van der Waals surface area contributed by atoms with E-state index in [1.54, 1.807) is 43.3 Å². The van der Waals surface area contributed by atoms with Gasteiger partial charge in [-0.25, -0.2) is 8.42 Å². The number of aromatic nitrogens is 1. The fourth-order valence-corrected chi connectivity index (χ4v) is 4.08. The Morgan fingerprint density at radius 2 is 1.55 bits per heavy atom. The Morgan fingerprint density at radius 1 is 0.931 bits per heavy atom. The van der Waals surface area contributed by atoms with E-state index in [4.69, 9.17) is 0 Å². The highest BCUT2D eigenvalue weighted by Crippen LogP contribution is 2.26. The molecule has 29 heavy (non-hydrogen) atoms. The van der Waals surface area contributed by atoms with Crippen molar-refractivity contribution in [3.8, 4) is 0 Å². The van der Waals surface area contributed by atoms with Crippen LogP contribution in [-0.4, -0.2) is 14.2 Å². The van der Waals surface area contributed by atoms with Gasteiger partial charge in [0.25, 0.3) is 21.5 Å². The number of hydrogen-bond acceptors (Lipinski definition) is 4. The normalized spacial score (nSPS) is 11.3. The van der Waals surface area contributed by atoms with Gasteiger partial charge in [0.05, 0.1) is 16.1 Å². The van der Waals surface area contributed by atoms with Gasteiger partial charge in [0.2, 0.25) is 0 Å². The molecule has 0 aliphatic carbocycles. The third-order valence-corrected chi connectivity index (χ3v) is 6.21. The summed E-state index contributed by atoms with van der Waals surface area (Å²) in [6.45, 7) is 7.19. The Morgan fingerprint density at radius 3 is 2.17 bits per heavy atom. The number of rotatable bonds is 5. The molecule has 0 fully saturated rings. The molecule has 1 heterocycles. The first kappa shape index (κ1) is 20.5. The van der Waals surface area contributed by atoms with Crippen LogP contribution >= 0.6 is 0 Å². The van der Waals surface area contributed by atoms with E-state index in [-0.39, 0.29) is 21.8 Å². The predicted molar refractivity (Wildman–Crippen MR) is 111 cm³/mol. The van der Waals surface area contributed by atoms with Gasteiger partial charge in [-0.05, 0) is 69.2 Å². The predicted octanol–water partition coefficient (Wildman–Crippen LogP) is 3.59. The second-order valence-corrected chi connectivity index (χ2v) is 8.78. The minimum atomic E-state index is -3.91. The maximum absolute atomic E-state index is 13.2. The number of carbonyl (C=O) groups excluding carboxylic acids is 1. The van der Waals surface area contributed by atoms with Crippen LogP contribution in [0.25, 0.3) is 0 Å². The van der Waals surface area contributed by atoms with Crippen molar-refractivity contribution in [2.45, 2.75) is 32.6 Å². The molecule has 0 amide bonds. The minimum absolute atomic E-state index is 0.0356. The lowest BCUT2D eigenvalue weighted by Crippen LogP contribution is -2.35. The molecule has 0 bridgehead atoms. The lowest BCUT2D eigenvalue weighted by molar-refractivity contribution is -0.607. The molecular weight excluding hydrogens is 388 g/mol. The zero-order valence-electron chi connectivity index (χ0n) is 16.7. The van der Waals surface area contributed by atoms with E-state index in [1.165, 1.54) is 18.3 Å². The van der Waals surface area contributed by atoms with Crippen molar-refractivity contribution in [2.75, 3.05) is 4.72 Å². The first-order valence-corrected chi connectivity index (χ1v) is 10.5. The van der Waals surface area contributed by atoms with Gasteiger partial charge in [-0.2, -0.15) is 4.73 Å². The standard InChI is InChI=1S/C22H22N2O4S/c1-14-7-9-18(10-8-14)29(27,28)23-20-13-17(4)16(3)12-19(20)22(25)21-15(2)6-5-11-24(21)26/h5-13,23H,1-4H3. The maximum atomic E-state index is 13.2. The maximum Gasteiger partial charge on any atom is 0.267 e. The van der Waals surface area contributed by atoms with Gasteiger partial charge in [0, 0.05) is 11.6 Å². The topological polar surface area (TPSA) is 90.2 Å². The lowest BCUT2D eigenvalue weighted by Gasteiger charge is -2.15. The molecule has 1 N–H and O–H groups in total. The number of ketones is 1. The van der Waals surface area contributed by atoms with Crippen molar-refractivity contribution in [1.29, 1.82) is 0 Å². The Labute approximate surface area is 170 Å². The molecule has 150 valence electrons. The first-order valence-electron chi connectivity index (χ1n) is 9.04. The number of benzene rings is 2. The van der Waals surface area contributed by atoms with Gasteiger partial charge in [-0.15, -0.1) is 0 Å². The van der Waals surface area contributed by atoms with E-state index in [0.29, 0.717) is 10.3 Å². The third kappa shape index (κ3) is 4.14. The van der Waals surface area contributed by atoms with Crippen molar-refractivity contribution < 1.29 is 17.9 Å². The van der Waals surface area contributed by atoms with Gasteiger partial charge < -0.3 is 5.21 Å². The number of anilines is 1. The fraction of sp³-hybridized carbons (Fsp3) is 0.182. The molecule has 0 aliphatic rings. The van der Waals surface area contributed by atoms with E-state index in [2.05, 4.69) is 4.72 Å². The Balaban J connectivity index is 2.12. The number of hydrogen-bond donors (Lipinski definition) is 1. The quantitative estimate of drug-likeness (QED) is 0.395. The summed E-state index contributed by atoms with van der Waals surface area (Å²) in [6, 6.07) is 12.9. The highest BCUT2D eigenvalue weighted by molar-refractivity contribution is 7.92. The number of carbonyl (C=O) groups is 1. The SMILES string of the molecule is Cc1ccc(S(=O)(=O)Nc2cc(C)c(C)cc2C(=O)c2c(C)ccc[n+]2[O-])cc1. The second-order valence-electron chi connectivity index (χ2n) is 7.10. The highest BCUT2D eigenvalue weighted by Gasteiger charge is 2.26. The molecule has 0 atom stereocenters. The molecule has 7 heteroatoms. The number of nitrogens with zero attached hydrogens (tertiary/aromatic N) is 1. The van der Waals surface area contributed by atoms with E-state index in [1.807, 2.05) is 20.8 Å². The first-order chi connectivity index (χ1) is 13.6. The minimum Gasteiger partial charge on any atom is -0.618 e. The molecule has 3 aromatic rings. The molecule has 0 radical (unpaired) electrons. The van der Waals surface area contributed by atoms with E-state index in [0.717, 1.165) is 16.7 Å². The molecule has 3 rings (SSSR count). The van der Waals surface area contributed by atoms with Crippen LogP contribution in [0.5, 0.6) is 0 Å². The molecule has 0 saturated carbocycles.